The van der Waals surface area contributed by atoms with Crippen molar-refractivity contribution in [2.24, 2.45) is 0 Å². The van der Waals surface area contributed by atoms with Crippen molar-refractivity contribution < 1.29 is 9.84 Å². The first kappa shape index (κ1) is 11.5. The second-order valence-corrected chi connectivity index (χ2v) is 4.77. The summed E-state index contributed by atoms with van der Waals surface area (Å²) in [4.78, 5) is 0. The van der Waals surface area contributed by atoms with E-state index in [0.717, 1.165) is 29.7 Å². The zero-order valence-corrected chi connectivity index (χ0v) is 10.5. The van der Waals surface area contributed by atoms with Crippen LogP contribution in [-0.2, 0) is 0 Å². The fraction of sp³-hybridized carbons (Fsp3) is 0.571. The molecule has 1 N–H and O–H groups in total. The molecular formula is C14H20O2. The predicted molar refractivity (Wildman–Crippen MR) is 64.9 cm³/mol. The first-order chi connectivity index (χ1) is 7.56. The van der Waals surface area contributed by atoms with Gasteiger partial charge in [0.15, 0.2) is 0 Å². The number of benzene rings is 1. The van der Waals surface area contributed by atoms with Crippen LogP contribution in [0.1, 0.15) is 48.1 Å². The molecule has 0 aliphatic carbocycles. The zero-order valence-electron chi connectivity index (χ0n) is 10.5. The first-order valence-electron chi connectivity index (χ1n) is 6.01. The summed E-state index contributed by atoms with van der Waals surface area (Å²) in [5.74, 6) is 0.920. The molecule has 2 atom stereocenters. The van der Waals surface area contributed by atoms with Gasteiger partial charge >= 0.3 is 0 Å². The minimum Gasteiger partial charge on any atom is -0.487 e. The van der Waals surface area contributed by atoms with Crippen molar-refractivity contribution in [2.75, 3.05) is 0 Å². The lowest BCUT2D eigenvalue weighted by atomic mass is 9.95. The Hall–Kier alpha value is -1.02. The number of aryl methyl sites for hydroxylation is 2. The first-order valence-corrected chi connectivity index (χ1v) is 6.01. The molecule has 0 saturated carbocycles. The van der Waals surface area contributed by atoms with E-state index in [1.165, 1.54) is 11.1 Å². The zero-order chi connectivity index (χ0) is 11.9. The number of ether oxygens (including phenoxy) is 1. The summed E-state index contributed by atoms with van der Waals surface area (Å²) in [6.07, 6.45) is 1.44. The van der Waals surface area contributed by atoms with Gasteiger partial charge in [-0.2, -0.15) is 0 Å². The Morgan fingerprint density at radius 1 is 1.25 bits per heavy atom. The van der Waals surface area contributed by atoms with E-state index in [4.69, 9.17) is 4.74 Å². The van der Waals surface area contributed by atoms with Crippen LogP contribution < -0.4 is 4.74 Å². The predicted octanol–water partition coefficient (Wildman–Crippen LogP) is 3.21. The lowest BCUT2D eigenvalue weighted by molar-refractivity contribution is 0.0612. The second-order valence-electron chi connectivity index (χ2n) is 4.77. The van der Waals surface area contributed by atoms with E-state index in [2.05, 4.69) is 26.8 Å². The number of hydrogen-bond acceptors (Lipinski definition) is 2. The fourth-order valence-electron chi connectivity index (χ4n) is 2.49. The molecule has 0 bridgehead atoms. The molecule has 2 nitrogen and oxygen atoms in total. The van der Waals surface area contributed by atoms with Crippen molar-refractivity contribution in [1.82, 2.24) is 0 Å². The molecule has 2 heteroatoms. The molecule has 0 amide bonds. The Kier molecular flexibility index (Phi) is 2.94. The highest BCUT2D eigenvalue weighted by Crippen LogP contribution is 2.43. The van der Waals surface area contributed by atoms with E-state index in [1.807, 2.05) is 6.92 Å². The summed E-state index contributed by atoms with van der Waals surface area (Å²) >= 11 is 0. The highest BCUT2D eigenvalue weighted by Gasteiger charge is 2.34. The van der Waals surface area contributed by atoms with Crippen LogP contribution in [0.2, 0.25) is 0 Å². The molecule has 0 saturated heterocycles. The van der Waals surface area contributed by atoms with Crippen LogP contribution >= 0.6 is 0 Å². The lowest BCUT2D eigenvalue weighted by Crippen LogP contribution is -2.18. The fourth-order valence-corrected chi connectivity index (χ4v) is 2.49. The van der Waals surface area contributed by atoms with Gasteiger partial charge in [0.05, 0.1) is 0 Å². The molecule has 88 valence electrons. The number of aliphatic hydroxyl groups is 1. The van der Waals surface area contributed by atoms with Crippen molar-refractivity contribution in [3.63, 3.8) is 0 Å². The van der Waals surface area contributed by atoms with Crippen LogP contribution in [0.5, 0.6) is 5.75 Å². The summed E-state index contributed by atoms with van der Waals surface area (Å²) in [6, 6.07) is 2.13. The van der Waals surface area contributed by atoms with Crippen LogP contribution in [0, 0.1) is 20.8 Å². The van der Waals surface area contributed by atoms with Gasteiger partial charge in [-0.05, 0) is 43.9 Å². The Labute approximate surface area is 97.3 Å². The standard InChI is InChI=1S/C14H20O2/c1-5-6-11-13(15)12-9(3)7-8(2)10(4)14(12)16-11/h7,11,13,15H,5-6H2,1-4H3. The minimum absolute atomic E-state index is 0.0563. The molecule has 0 spiro atoms. The molecule has 1 heterocycles. The van der Waals surface area contributed by atoms with Gasteiger partial charge in [0.2, 0.25) is 0 Å². The maximum Gasteiger partial charge on any atom is 0.129 e. The van der Waals surface area contributed by atoms with Crippen molar-refractivity contribution in [3.8, 4) is 5.75 Å². The number of hydrogen-bond donors (Lipinski definition) is 1. The highest BCUT2D eigenvalue weighted by molar-refractivity contribution is 5.53. The largest absolute Gasteiger partial charge is 0.487 e. The van der Waals surface area contributed by atoms with E-state index in [-0.39, 0.29) is 6.10 Å². The Balaban J connectivity index is 2.46. The average molecular weight is 220 g/mol. The molecule has 1 aromatic rings. The number of fused-ring (bicyclic) bond motifs is 1. The maximum atomic E-state index is 10.2. The summed E-state index contributed by atoms with van der Waals surface area (Å²) in [7, 11) is 0. The summed E-state index contributed by atoms with van der Waals surface area (Å²) in [6.45, 7) is 8.32. The molecule has 0 aromatic heterocycles. The van der Waals surface area contributed by atoms with Crippen molar-refractivity contribution in [2.45, 2.75) is 52.7 Å². The third-order valence-corrected chi connectivity index (χ3v) is 3.52. The molecule has 0 fully saturated rings. The van der Waals surface area contributed by atoms with Gasteiger partial charge in [-0.3, -0.25) is 0 Å². The van der Waals surface area contributed by atoms with E-state index >= 15 is 0 Å². The van der Waals surface area contributed by atoms with Gasteiger partial charge in [-0.15, -0.1) is 0 Å². The molecule has 1 aliphatic rings. The molecule has 2 rings (SSSR count). The normalized spacial score (nSPS) is 23.1. The van der Waals surface area contributed by atoms with Crippen LogP contribution in [0.3, 0.4) is 0 Å². The summed E-state index contributed by atoms with van der Waals surface area (Å²) in [5, 5.41) is 10.2. The maximum absolute atomic E-state index is 10.2. The molecule has 16 heavy (non-hydrogen) atoms. The van der Waals surface area contributed by atoms with E-state index in [1.54, 1.807) is 0 Å². The molecular weight excluding hydrogens is 200 g/mol. The van der Waals surface area contributed by atoms with Gasteiger partial charge in [-0.1, -0.05) is 19.4 Å². The highest BCUT2D eigenvalue weighted by atomic mass is 16.5. The van der Waals surface area contributed by atoms with Crippen LogP contribution in [-0.4, -0.2) is 11.2 Å². The van der Waals surface area contributed by atoms with Crippen molar-refractivity contribution >= 4 is 0 Å². The Morgan fingerprint density at radius 2 is 1.94 bits per heavy atom. The minimum atomic E-state index is -0.450. The van der Waals surface area contributed by atoms with Gasteiger partial charge in [0.1, 0.15) is 18.0 Å². The van der Waals surface area contributed by atoms with Gasteiger partial charge in [0, 0.05) is 5.56 Å². The molecule has 1 aromatic carbocycles. The van der Waals surface area contributed by atoms with Crippen molar-refractivity contribution in [1.29, 1.82) is 0 Å². The van der Waals surface area contributed by atoms with Crippen molar-refractivity contribution in [3.05, 3.63) is 28.3 Å². The average Bonchev–Trinajstić information content (AvgIpc) is 2.55. The third kappa shape index (κ3) is 1.61. The Bertz CT molecular complexity index is 410. The van der Waals surface area contributed by atoms with Gasteiger partial charge in [0.25, 0.3) is 0 Å². The van der Waals surface area contributed by atoms with Gasteiger partial charge < -0.3 is 9.84 Å². The molecule has 0 radical (unpaired) electrons. The number of rotatable bonds is 2. The summed E-state index contributed by atoms with van der Waals surface area (Å²) in [5.41, 5.74) is 4.55. The SMILES string of the molecule is CCCC1Oc2c(C)c(C)cc(C)c2C1O. The quantitative estimate of drug-likeness (QED) is 0.829. The van der Waals surface area contributed by atoms with Crippen LogP contribution in [0.4, 0.5) is 0 Å². The monoisotopic (exact) mass is 220 g/mol. The van der Waals surface area contributed by atoms with E-state index < -0.39 is 6.10 Å². The van der Waals surface area contributed by atoms with Crippen LogP contribution in [0.15, 0.2) is 6.07 Å². The lowest BCUT2D eigenvalue weighted by Gasteiger charge is -2.13. The van der Waals surface area contributed by atoms with E-state index in [0.29, 0.717) is 0 Å². The van der Waals surface area contributed by atoms with E-state index in [9.17, 15) is 5.11 Å². The summed E-state index contributed by atoms with van der Waals surface area (Å²) < 4.78 is 5.90. The Morgan fingerprint density at radius 3 is 2.56 bits per heavy atom. The topological polar surface area (TPSA) is 29.5 Å². The molecule has 2 unspecified atom stereocenters. The van der Waals surface area contributed by atoms with Gasteiger partial charge in [-0.25, -0.2) is 0 Å². The number of aliphatic hydroxyl groups excluding tert-OH is 1. The third-order valence-electron chi connectivity index (χ3n) is 3.52. The van der Waals surface area contributed by atoms with Crippen LogP contribution in [0.25, 0.3) is 0 Å². The molecule has 1 aliphatic heterocycles. The second kappa shape index (κ2) is 4.10. The smallest absolute Gasteiger partial charge is 0.129 e.